The quantitative estimate of drug-likeness (QED) is 0.702. The molecule has 104 valence electrons. The fourth-order valence-corrected chi connectivity index (χ4v) is 2.09. The zero-order chi connectivity index (χ0) is 14.4. The summed E-state index contributed by atoms with van der Waals surface area (Å²) in [5.74, 6) is -0.269. The molecule has 0 aliphatic rings. The molecule has 0 aromatic heterocycles. The highest BCUT2D eigenvalue weighted by Gasteiger charge is 2.18. The molecule has 1 aromatic carbocycles. The second-order valence-electron chi connectivity index (χ2n) is 4.88. The predicted molar refractivity (Wildman–Crippen MR) is 78.8 cm³/mol. The van der Waals surface area contributed by atoms with Crippen LogP contribution in [0.15, 0.2) is 24.3 Å². The largest absolute Gasteiger partial charge is 0.478 e. The monoisotopic (exact) mass is 281 g/mol. The van der Waals surface area contributed by atoms with E-state index in [1.807, 2.05) is 0 Å². The van der Waals surface area contributed by atoms with Gasteiger partial charge in [0, 0.05) is 17.4 Å². The average Bonchev–Trinajstić information content (AvgIpc) is 2.36. The van der Waals surface area contributed by atoms with Crippen molar-refractivity contribution in [2.24, 2.45) is 11.8 Å². The van der Waals surface area contributed by atoms with Crippen LogP contribution in [0, 0.1) is 11.8 Å². The molecule has 0 saturated carbocycles. The van der Waals surface area contributed by atoms with Gasteiger partial charge >= 0.3 is 5.97 Å². The van der Waals surface area contributed by atoms with Crippen molar-refractivity contribution in [1.29, 1.82) is 0 Å². The van der Waals surface area contributed by atoms with Crippen LogP contribution in [-0.2, 0) is 4.79 Å². The Morgan fingerprint density at radius 3 is 2.26 bits per heavy atom. The van der Waals surface area contributed by atoms with E-state index in [1.54, 1.807) is 12.1 Å². The molecule has 1 amide bonds. The second-order valence-corrected chi connectivity index (χ2v) is 5.25. The van der Waals surface area contributed by atoms with Crippen LogP contribution in [0.25, 0.3) is 0 Å². The minimum absolute atomic E-state index is 0.0771. The number of carbonyl (C=O) groups is 2. The van der Waals surface area contributed by atoms with E-state index in [0.717, 1.165) is 6.42 Å². The standard InChI is InChI=1S/C14H19NO3S/c1-9(2)7-11(8-19)13(16)15-12-5-3-10(4-6-12)14(17)18/h3-6,9,11,19H,7-8H2,1-2H3,(H,15,16)(H,17,18). The lowest BCUT2D eigenvalue weighted by atomic mass is 9.98. The van der Waals surface area contributed by atoms with E-state index in [-0.39, 0.29) is 17.4 Å². The molecular weight excluding hydrogens is 262 g/mol. The number of thiol groups is 1. The molecule has 1 atom stereocenters. The van der Waals surface area contributed by atoms with Crippen LogP contribution in [0.4, 0.5) is 5.69 Å². The summed E-state index contributed by atoms with van der Waals surface area (Å²) >= 11 is 4.20. The third-order valence-electron chi connectivity index (χ3n) is 2.75. The van der Waals surface area contributed by atoms with Crippen LogP contribution < -0.4 is 5.32 Å². The summed E-state index contributed by atoms with van der Waals surface area (Å²) in [4.78, 5) is 22.7. The van der Waals surface area contributed by atoms with Crippen molar-refractivity contribution in [3.8, 4) is 0 Å². The van der Waals surface area contributed by atoms with Gasteiger partial charge in [0.05, 0.1) is 5.56 Å². The number of nitrogens with one attached hydrogen (secondary N) is 1. The predicted octanol–water partition coefficient (Wildman–Crippen LogP) is 2.92. The lowest BCUT2D eigenvalue weighted by Crippen LogP contribution is -2.25. The summed E-state index contributed by atoms with van der Waals surface area (Å²) in [7, 11) is 0. The third kappa shape index (κ3) is 4.95. The molecule has 0 spiro atoms. The van der Waals surface area contributed by atoms with Gasteiger partial charge in [0.15, 0.2) is 0 Å². The molecule has 0 heterocycles. The maximum atomic E-state index is 12.0. The molecule has 0 aliphatic carbocycles. The number of carboxylic acids is 1. The fraction of sp³-hybridized carbons (Fsp3) is 0.429. The molecule has 1 rings (SSSR count). The first-order valence-corrected chi connectivity index (χ1v) is 6.82. The number of hydrogen-bond donors (Lipinski definition) is 3. The van der Waals surface area contributed by atoms with Gasteiger partial charge in [-0.1, -0.05) is 13.8 Å². The number of carboxylic acid groups (broad SMARTS) is 1. The highest BCUT2D eigenvalue weighted by Crippen LogP contribution is 2.17. The molecular formula is C14H19NO3S. The fourth-order valence-electron chi connectivity index (χ4n) is 1.77. The van der Waals surface area contributed by atoms with Crippen molar-refractivity contribution < 1.29 is 14.7 Å². The number of hydrogen-bond acceptors (Lipinski definition) is 3. The normalized spacial score (nSPS) is 12.2. The minimum atomic E-state index is -0.981. The van der Waals surface area contributed by atoms with Gasteiger partial charge in [0.25, 0.3) is 0 Å². The van der Waals surface area contributed by atoms with Gasteiger partial charge in [0.2, 0.25) is 5.91 Å². The van der Waals surface area contributed by atoms with Crippen LogP contribution in [-0.4, -0.2) is 22.7 Å². The molecule has 0 aliphatic heterocycles. The Labute approximate surface area is 118 Å². The Bertz CT molecular complexity index is 443. The van der Waals surface area contributed by atoms with E-state index in [2.05, 4.69) is 31.8 Å². The van der Waals surface area contributed by atoms with E-state index in [1.165, 1.54) is 12.1 Å². The van der Waals surface area contributed by atoms with E-state index < -0.39 is 5.97 Å². The van der Waals surface area contributed by atoms with Gasteiger partial charge in [-0.15, -0.1) is 0 Å². The SMILES string of the molecule is CC(C)CC(CS)C(=O)Nc1ccc(C(=O)O)cc1. The lowest BCUT2D eigenvalue weighted by Gasteiger charge is -2.16. The number of amides is 1. The third-order valence-corrected chi connectivity index (χ3v) is 3.19. The first-order valence-electron chi connectivity index (χ1n) is 6.19. The molecule has 2 N–H and O–H groups in total. The summed E-state index contributed by atoms with van der Waals surface area (Å²) in [6, 6.07) is 6.12. The van der Waals surface area contributed by atoms with E-state index in [4.69, 9.17) is 5.11 Å². The van der Waals surface area contributed by atoms with Gasteiger partial charge in [-0.25, -0.2) is 4.79 Å². The maximum absolute atomic E-state index is 12.0. The van der Waals surface area contributed by atoms with E-state index in [0.29, 0.717) is 17.4 Å². The van der Waals surface area contributed by atoms with Gasteiger partial charge in [0.1, 0.15) is 0 Å². The molecule has 0 bridgehead atoms. The van der Waals surface area contributed by atoms with Gasteiger partial charge in [-0.05, 0) is 36.6 Å². The Hall–Kier alpha value is -1.49. The Morgan fingerprint density at radius 2 is 1.84 bits per heavy atom. The first-order chi connectivity index (χ1) is 8.93. The highest BCUT2D eigenvalue weighted by molar-refractivity contribution is 7.80. The van der Waals surface area contributed by atoms with Crippen LogP contribution >= 0.6 is 12.6 Å². The molecule has 5 heteroatoms. The van der Waals surface area contributed by atoms with Crippen molar-refractivity contribution in [1.82, 2.24) is 0 Å². The van der Waals surface area contributed by atoms with Crippen LogP contribution in [0.5, 0.6) is 0 Å². The number of aromatic carboxylic acids is 1. The van der Waals surface area contributed by atoms with Gasteiger partial charge < -0.3 is 10.4 Å². The van der Waals surface area contributed by atoms with Crippen molar-refractivity contribution in [3.05, 3.63) is 29.8 Å². The number of benzene rings is 1. The minimum Gasteiger partial charge on any atom is -0.478 e. The van der Waals surface area contributed by atoms with Crippen LogP contribution in [0.2, 0.25) is 0 Å². The zero-order valence-electron chi connectivity index (χ0n) is 11.1. The number of anilines is 1. The van der Waals surface area contributed by atoms with E-state index >= 15 is 0 Å². The summed E-state index contributed by atoms with van der Waals surface area (Å²) in [6.45, 7) is 4.12. The van der Waals surface area contributed by atoms with Gasteiger partial charge in [-0.3, -0.25) is 4.79 Å². The van der Waals surface area contributed by atoms with Gasteiger partial charge in [-0.2, -0.15) is 12.6 Å². The summed E-state index contributed by atoms with van der Waals surface area (Å²) in [6.07, 6.45) is 0.780. The lowest BCUT2D eigenvalue weighted by molar-refractivity contribution is -0.119. The van der Waals surface area contributed by atoms with E-state index in [9.17, 15) is 9.59 Å². The summed E-state index contributed by atoms with van der Waals surface area (Å²) in [5.41, 5.74) is 0.802. The molecule has 0 saturated heterocycles. The maximum Gasteiger partial charge on any atom is 0.335 e. The second kappa shape index (κ2) is 7.19. The summed E-state index contributed by atoms with van der Waals surface area (Å²) in [5, 5.41) is 11.6. The first kappa shape index (κ1) is 15.6. The molecule has 4 nitrogen and oxygen atoms in total. The number of carbonyl (C=O) groups excluding carboxylic acids is 1. The molecule has 1 unspecified atom stereocenters. The average molecular weight is 281 g/mol. The highest BCUT2D eigenvalue weighted by atomic mass is 32.1. The molecule has 0 fully saturated rings. The van der Waals surface area contributed by atoms with Crippen molar-refractivity contribution >= 4 is 30.2 Å². The van der Waals surface area contributed by atoms with Crippen LogP contribution in [0.3, 0.4) is 0 Å². The smallest absolute Gasteiger partial charge is 0.335 e. The molecule has 1 aromatic rings. The Balaban J connectivity index is 2.67. The van der Waals surface area contributed by atoms with Crippen molar-refractivity contribution in [2.75, 3.05) is 11.1 Å². The van der Waals surface area contributed by atoms with Crippen molar-refractivity contribution in [2.45, 2.75) is 20.3 Å². The number of rotatable bonds is 6. The molecule has 19 heavy (non-hydrogen) atoms. The summed E-state index contributed by atoms with van der Waals surface area (Å²) < 4.78 is 0. The zero-order valence-corrected chi connectivity index (χ0v) is 12.0. The Kier molecular flexibility index (Phi) is 5.89. The van der Waals surface area contributed by atoms with Crippen molar-refractivity contribution in [3.63, 3.8) is 0 Å². The Morgan fingerprint density at radius 1 is 1.26 bits per heavy atom. The van der Waals surface area contributed by atoms with Crippen LogP contribution in [0.1, 0.15) is 30.6 Å². The topological polar surface area (TPSA) is 66.4 Å². The molecule has 0 radical (unpaired) electrons.